The Balaban J connectivity index is 1.27. The molecule has 8 heteroatoms. The third-order valence-electron chi connectivity index (χ3n) is 5.80. The summed E-state index contributed by atoms with van der Waals surface area (Å²) < 4.78 is 7.22. The molecular formula is C20H25N7O. The molecule has 5 heterocycles. The molecule has 0 spiro atoms. The number of nitrogens with zero attached hydrogens (tertiary/aromatic N) is 7. The zero-order valence-corrected chi connectivity index (χ0v) is 16.5. The summed E-state index contributed by atoms with van der Waals surface area (Å²) in [6, 6.07) is 4.11. The highest BCUT2D eigenvalue weighted by atomic mass is 16.3. The molecular weight excluding hydrogens is 354 g/mol. The first-order valence-corrected chi connectivity index (χ1v) is 9.79. The van der Waals surface area contributed by atoms with Gasteiger partial charge in [0.25, 0.3) is 0 Å². The van der Waals surface area contributed by atoms with Gasteiger partial charge in [0.05, 0.1) is 11.4 Å². The van der Waals surface area contributed by atoms with Crippen LogP contribution in [-0.4, -0.2) is 55.8 Å². The van der Waals surface area contributed by atoms with E-state index in [4.69, 9.17) is 4.42 Å². The second-order valence-corrected chi connectivity index (χ2v) is 8.05. The van der Waals surface area contributed by atoms with Crippen LogP contribution in [0.1, 0.15) is 23.0 Å². The van der Waals surface area contributed by atoms with Gasteiger partial charge in [0.2, 0.25) is 0 Å². The van der Waals surface area contributed by atoms with Crippen LogP contribution >= 0.6 is 0 Å². The van der Waals surface area contributed by atoms with Crippen LogP contribution in [0.4, 0.5) is 5.82 Å². The smallest absolute Gasteiger partial charge is 0.191 e. The molecule has 8 nitrogen and oxygen atoms in total. The molecule has 28 heavy (non-hydrogen) atoms. The van der Waals surface area contributed by atoms with E-state index in [0.717, 1.165) is 67.3 Å². The van der Waals surface area contributed by atoms with Crippen molar-refractivity contribution in [2.24, 2.45) is 11.8 Å². The van der Waals surface area contributed by atoms with Gasteiger partial charge in [-0.05, 0) is 31.7 Å². The average Bonchev–Trinajstić information content (AvgIpc) is 3.40. The largest absolute Gasteiger partial charge is 0.449 e. The van der Waals surface area contributed by atoms with E-state index in [2.05, 4.69) is 42.0 Å². The number of fused-ring (bicyclic) bond motifs is 1. The molecule has 2 atom stereocenters. The van der Waals surface area contributed by atoms with E-state index in [1.165, 1.54) is 0 Å². The summed E-state index contributed by atoms with van der Waals surface area (Å²) in [5.41, 5.74) is 3.11. The van der Waals surface area contributed by atoms with Crippen molar-refractivity contribution >= 4 is 5.82 Å². The van der Waals surface area contributed by atoms with E-state index in [0.29, 0.717) is 11.8 Å². The Morgan fingerprint density at radius 2 is 1.75 bits per heavy atom. The summed E-state index contributed by atoms with van der Waals surface area (Å²) in [7, 11) is 0. The van der Waals surface area contributed by atoms with Gasteiger partial charge in [0.1, 0.15) is 18.4 Å². The lowest BCUT2D eigenvalue weighted by Gasteiger charge is -2.22. The van der Waals surface area contributed by atoms with Crippen LogP contribution < -0.4 is 4.90 Å². The van der Waals surface area contributed by atoms with Gasteiger partial charge < -0.3 is 9.32 Å². The van der Waals surface area contributed by atoms with E-state index < -0.39 is 0 Å². The van der Waals surface area contributed by atoms with Gasteiger partial charge in [-0.15, -0.1) is 0 Å². The van der Waals surface area contributed by atoms with Crippen molar-refractivity contribution in [3.8, 4) is 5.82 Å². The number of aromatic nitrogens is 5. The number of anilines is 1. The molecule has 3 aromatic rings. The molecule has 0 saturated carbocycles. The Hall–Kier alpha value is -2.74. The van der Waals surface area contributed by atoms with Crippen LogP contribution in [-0.2, 0) is 6.54 Å². The lowest BCUT2D eigenvalue weighted by molar-refractivity contribution is 0.305. The Kier molecular flexibility index (Phi) is 4.16. The van der Waals surface area contributed by atoms with Crippen LogP contribution in [0.2, 0.25) is 0 Å². The van der Waals surface area contributed by atoms with E-state index in [1.54, 1.807) is 12.6 Å². The Morgan fingerprint density at radius 3 is 2.39 bits per heavy atom. The van der Waals surface area contributed by atoms with E-state index in [1.807, 2.05) is 25.5 Å². The maximum Gasteiger partial charge on any atom is 0.191 e. The molecule has 146 valence electrons. The minimum absolute atomic E-state index is 0.667. The van der Waals surface area contributed by atoms with Gasteiger partial charge in [-0.2, -0.15) is 5.10 Å². The van der Waals surface area contributed by atoms with E-state index in [-0.39, 0.29) is 0 Å². The highest BCUT2D eigenvalue weighted by Gasteiger charge is 2.40. The van der Waals surface area contributed by atoms with Crippen LogP contribution in [0.5, 0.6) is 0 Å². The minimum Gasteiger partial charge on any atom is -0.449 e. The van der Waals surface area contributed by atoms with Gasteiger partial charge in [-0.3, -0.25) is 4.90 Å². The summed E-state index contributed by atoms with van der Waals surface area (Å²) in [6.45, 7) is 11.1. The maximum atomic E-state index is 5.33. The molecule has 2 fully saturated rings. The van der Waals surface area contributed by atoms with Crippen LogP contribution in [0.15, 0.2) is 29.1 Å². The second kappa shape index (κ2) is 6.70. The van der Waals surface area contributed by atoms with Gasteiger partial charge in [0, 0.05) is 51.4 Å². The molecule has 2 unspecified atom stereocenters. The second-order valence-electron chi connectivity index (χ2n) is 8.05. The topological polar surface area (TPSA) is 76.1 Å². The highest BCUT2D eigenvalue weighted by molar-refractivity contribution is 5.45. The third kappa shape index (κ3) is 3.17. The van der Waals surface area contributed by atoms with E-state index in [9.17, 15) is 0 Å². The average molecular weight is 379 g/mol. The molecule has 2 saturated heterocycles. The lowest BCUT2D eigenvalue weighted by atomic mass is 10.0. The fraction of sp³-hybridized carbons (Fsp3) is 0.500. The van der Waals surface area contributed by atoms with E-state index >= 15 is 0 Å². The van der Waals surface area contributed by atoms with Crippen molar-refractivity contribution in [3.05, 3.63) is 47.7 Å². The predicted octanol–water partition coefficient (Wildman–Crippen LogP) is 2.14. The van der Waals surface area contributed by atoms with Gasteiger partial charge in [-0.1, -0.05) is 0 Å². The molecule has 2 aliphatic rings. The minimum atomic E-state index is 0.667. The van der Waals surface area contributed by atoms with Crippen molar-refractivity contribution < 1.29 is 4.42 Å². The Bertz CT molecular complexity index is 980. The van der Waals surface area contributed by atoms with Crippen LogP contribution in [0, 0.1) is 32.6 Å². The predicted molar refractivity (Wildman–Crippen MR) is 104 cm³/mol. The highest BCUT2D eigenvalue weighted by Crippen LogP contribution is 2.34. The molecule has 0 bridgehead atoms. The van der Waals surface area contributed by atoms with Gasteiger partial charge >= 0.3 is 0 Å². The Morgan fingerprint density at radius 1 is 1.00 bits per heavy atom. The van der Waals surface area contributed by atoms with Gasteiger partial charge in [-0.25, -0.2) is 19.6 Å². The quantitative estimate of drug-likeness (QED) is 0.687. The lowest BCUT2D eigenvalue weighted by Crippen LogP contribution is -2.29. The summed E-state index contributed by atoms with van der Waals surface area (Å²) in [6.07, 6.45) is 3.42. The zero-order valence-electron chi connectivity index (χ0n) is 16.5. The molecule has 0 radical (unpaired) electrons. The number of likely N-dealkylation sites (tertiary alicyclic amines) is 1. The molecule has 2 aliphatic heterocycles. The van der Waals surface area contributed by atoms with Crippen molar-refractivity contribution in [2.75, 3.05) is 31.1 Å². The number of oxazole rings is 1. The monoisotopic (exact) mass is 379 g/mol. The first kappa shape index (κ1) is 17.4. The van der Waals surface area contributed by atoms with Crippen molar-refractivity contribution in [2.45, 2.75) is 27.3 Å². The summed E-state index contributed by atoms with van der Waals surface area (Å²) in [5.74, 6) is 3.89. The Labute approximate surface area is 164 Å². The van der Waals surface area contributed by atoms with Crippen molar-refractivity contribution in [3.63, 3.8) is 0 Å². The first-order chi connectivity index (χ1) is 13.5. The van der Waals surface area contributed by atoms with Crippen LogP contribution in [0.25, 0.3) is 5.82 Å². The molecule has 0 aromatic carbocycles. The maximum absolute atomic E-state index is 5.33. The molecule has 0 N–H and O–H groups in total. The zero-order chi connectivity index (χ0) is 19.3. The number of rotatable bonds is 4. The van der Waals surface area contributed by atoms with Crippen molar-refractivity contribution in [1.29, 1.82) is 0 Å². The molecule has 0 amide bonds. The molecule has 3 aromatic heterocycles. The summed E-state index contributed by atoms with van der Waals surface area (Å²) in [5, 5.41) is 4.54. The first-order valence-electron chi connectivity index (χ1n) is 9.79. The fourth-order valence-corrected chi connectivity index (χ4v) is 4.60. The third-order valence-corrected chi connectivity index (χ3v) is 5.80. The van der Waals surface area contributed by atoms with Crippen LogP contribution in [0.3, 0.4) is 0 Å². The van der Waals surface area contributed by atoms with Crippen molar-refractivity contribution in [1.82, 2.24) is 29.6 Å². The standard InChI is InChI=1S/C20H25N7O/c1-13-4-14(2)27(24-13)20-5-19(21-12-22-20)26-8-16-6-25(7-17(16)9-26)10-18-11-28-15(3)23-18/h4-5,11-12,16-17H,6-10H2,1-3H3. The molecule has 5 rings (SSSR count). The number of aryl methyl sites for hydroxylation is 3. The summed E-state index contributed by atoms with van der Waals surface area (Å²) in [4.78, 5) is 18.3. The SMILES string of the molecule is Cc1cc(C)n(-c2cc(N3CC4CN(Cc5coc(C)n5)CC4C3)ncn2)n1. The number of hydrogen-bond donors (Lipinski definition) is 0. The normalized spacial score (nSPS) is 22.2. The molecule has 0 aliphatic carbocycles. The van der Waals surface area contributed by atoms with Gasteiger partial charge in [0.15, 0.2) is 11.7 Å². The number of hydrogen-bond acceptors (Lipinski definition) is 7. The fourth-order valence-electron chi connectivity index (χ4n) is 4.60. The summed E-state index contributed by atoms with van der Waals surface area (Å²) >= 11 is 0.